The lowest BCUT2D eigenvalue weighted by Gasteiger charge is -2.08. The fourth-order valence-corrected chi connectivity index (χ4v) is 2.88. The van der Waals surface area contributed by atoms with Crippen LogP contribution >= 0.6 is 11.6 Å². The molecule has 0 saturated heterocycles. The molecule has 4 aromatic rings. The predicted octanol–water partition coefficient (Wildman–Crippen LogP) is 5.46. The summed E-state index contributed by atoms with van der Waals surface area (Å²) in [6.45, 7) is 0.551. The zero-order valence-electron chi connectivity index (χ0n) is 12.9. The Morgan fingerprint density at radius 1 is 1.00 bits per heavy atom. The summed E-state index contributed by atoms with van der Waals surface area (Å²) in [4.78, 5) is 7.42. The zero-order chi connectivity index (χ0) is 16.4. The minimum absolute atomic E-state index is 0.482. The SMILES string of the molecule is Clc1cc2[nH]cc(-c3cccc(OCc4ccccc4)c3)c2cn1. The highest BCUT2D eigenvalue weighted by Gasteiger charge is 2.08. The number of nitrogens with one attached hydrogen (secondary N) is 1. The highest BCUT2D eigenvalue weighted by molar-refractivity contribution is 6.30. The van der Waals surface area contributed by atoms with E-state index in [1.807, 2.05) is 48.7 Å². The minimum atomic E-state index is 0.482. The van der Waals surface area contributed by atoms with Crippen LogP contribution in [0.5, 0.6) is 5.75 Å². The minimum Gasteiger partial charge on any atom is -0.489 e. The quantitative estimate of drug-likeness (QED) is 0.503. The van der Waals surface area contributed by atoms with Crippen LogP contribution in [-0.4, -0.2) is 9.97 Å². The smallest absolute Gasteiger partial charge is 0.131 e. The summed E-state index contributed by atoms with van der Waals surface area (Å²) in [7, 11) is 0. The third kappa shape index (κ3) is 2.99. The molecule has 0 fully saturated rings. The second-order valence-electron chi connectivity index (χ2n) is 5.56. The van der Waals surface area contributed by atoms with Gasteiger partial charge in [-0.1, -0.05) is 54.1 Å². The Hall–Kier alpha value is -2.78. The van der Waals surface area contributed by atoms with E-state index in [1.165, 1.54) is 0 Å². The zero-order valence-corrected chi connectivity index (χ0v) is 13.6. The molecule has 2 aromatic carbocycles. The molecule has 0 unspecified atom stereocenters. The van der Waals surface area contributed by atoms with Gasteiger partial charge in [0.15, 0.2) is 0 Å². The van der Waals surface area contributed by atoms with E-state index in [9.17, 15) is 0 Å². The van der Waals surface area contributed by atoms with Crippen LogP contribution in [0.4, 0.5) is 0 Å². The summed E-state index contributed by atoms with van der Waals surface area (Å²) in [5.74, 6) is 0.840. The van der Waals surface area contributed by atoms with Gasteiger partial charge in [-0.15, -0.1) is 0 Å². The van der Waals surface area contributed by atoms with Gasteiger partial charge in [0.2, 0.25) is 0 Å². The molecule has 4 heteroatoms. The second-order valence-corrected chi connectivity index (χ2v) is 5.94. The van der Waals surface area contributed by atoms with Crippen molar-refractivity contribution in [3.63, 3.8) is 0 Å². The molecule has 0 aliphatic rings. The second kappa shape index (κ2) is 6.38. The molecule has 2 aromatic heterocycles. The third-order valence-electron chi connectivity index (χ3n) is 3.93. The Morgan fingerprint density at radius 2 is 1.88 bits per heavy atom. The lowest BCUT2D eigenvalue weighted by Crippen LogP contribution is -1.94. The summed E-state index contributed by atoms with van der Waals surface area (Å²) < 4.78 is 5.92. The molecule has 3 nitrogen and oxygen atoms in total. The average molecular weight is 335 g/mol. The van der Waals surface area contributed by atoms with Gasteiger partial charge in [0.05, 0.1) is 5.52 Å². The van der Waals surface area contributed by atoms with Crippen molar-refractivity contribution in [3.05, 3.63) is 83.8 Å². The number of fused-ring (bicyclic) bond motifs is 1. The van der Waals surface area contributed by atoms with E-state index in [0.29, 0.717) is 11.8 Å². The van der Waals surface area contributed by atoms with Gasteiger partial charge in [0.1, 0.15) is 17.5 Å². The molecule has 24 heavy (non-hydrogen) atoms. The van der Waals surface area contributed by atoms with E-state index >= 15 is 0 Å². The van der Waals surface area contributed by atoms with Crippen molar-refractivity contribution < 1.29 is 4.74 Å². The number of hydrogen-bond donors (Lipinski definition) is 1. The molecular weight excluding hydrogens is 320 g/mol. The molecule has 0 aliphatic carbocycles. The maximum atomic E-state index is 5.95. The number of aromatic amines is 1. The van der Waals surface area contributed by atoms with Gasteiger partial charge in [-0.3, -0.25) is 0 Å². The fourth-order valence-electron chi connectivity index (χ4n) is 2.72. The Morgan fingerprint density at radius 3 is 2.75 bits per heavy atom. The van der Waals surface area contributed by atoms with Gasteiger partial charge in [0, 0.05) is 23.3 Å². The van der Waals surface area contributed by atoms with Crippen molar-refractivity contribution in [2.75, 3.05) is 0 Å². The highest BCUT2D eigenvalue weighted by atomic mass is 35.5. The molecular formula is C20H15ClN2O. The molecule has 0 atom stereocenters. The standard InChI is InChI=1S/C20H15ClN2O/c21-20-10-19-18(12-23-20)17(11-22-19)15-7-4-8-16(9-15)24-13-14-5-2-1-3-6-14/h1-12,22H,13H2. The van der Waals surface area contributed by atoms with Crippen molar-refractivity contribution in [2.24, 2.45) is 0 Å². The monoisotopic (exact) mass is 334 g/mol. The molecule has 0 radical (unpaired) electrons. The molecule has 118 valence electrons. The Bertz CT molecular complexity index is 979. The van der Waals surface area contributed by atoms with Crippen molar-refractivity contribution in [3.8, 4) is 16.9 Å². The van der Waals surface area contributed by atoms with Gasteiger partial charge >= 0.3 is 0 Å². The van der Waals surface area contributed by atoms with Crippen LogP contribution in [0, 0.1) is 0 Å². The molecule has 0 bridgehead atoms. The first-order valence-electron chi connectivity index (χ1n) is 7.69. The van der Waals surface area contributed by atoms with E-state index in [0.717, 1.165) is 33.3 Å². The summed E-state index contributed by atoms with van der Waals surface area (Å²) >= 11 is 5.95. The number of nitrogens with zero attached hydrogens (tertiary/aromatic N) is 1. The van der Waals surface area contributed by atoms with Gasteiger partial charge in [-0.25, -0.2) is 4.98 Å². The number of pyridine rings is 1. The number of ether oxygens (including phenoxy) is 1. The van der Waals surface area contributed by atoms with Crippen LogP contribution in [0.1, 0.15) is 5.56 Å². The lowest BCUT2D eigenvalue weighted by atomic mass is 10.1. The van der Waals surface area contributed by atoms with Crippen molar-refractivity contribution in [1.29, 1.82) is 0 Å². The number of aromatic nitrogens is 2. The predicted molar refractivity (Wildman–Crippen MR) is 97.3 cm³/mol. The first-order valence-corrected chi connectivity index (χ1v) is 8.07. The van der Waals surface area contributed by atoms with Crippen LogP contribution in [0.15, 0.2) is 73.1 Å². The summed E-state index contributed by atoms with van der Waals surface area (Å²) in [6.07, 6.45) is 3.76. The first kappa shape index (κ1) is 14.8. The Labute approximate surface area is 144 Å². The largest absolute Gasteiger partial charge is 0.489 e. The van der Waals surface area contributed by atoms with E-state index < -0.39 is 0 Å². The molecule has 0 saturated carbocycles. The molecule has 0 aliphatic heterocycles. The lowest BCUT2D eigenvalue weighted by molar-refractivity contribution is 0.306. The normalized spacial score (nSPS) is 10.9. The van der Waals surface area contributed by atoms with Gasteiger partial charge in [0.25, 0.3) is 0 Å². The number of rotatable bonds is 4. The van der Waals surface area contributed by atoms with E-state index in [1.54, 1.807) is 6.20 Å². The van der Waals surface area contributed by atoms with Crippen molar-refractivity contribution in [2.45, 2.75) is 6.61 Å². The van der Waals surface area contributed by atoms with E-state index in [-0.39, 0.29) is 0 Å². The van der Waals surface area contributed by atoms with Gasteiger partial charge in [-0.2, -0.15) is 0 Å². The van der Waals surface area contributed by atoms with Crippen molar-refractivity contribution in [1.82, 2.24) is 9.97 Å². The van der Waals surface area contributed by atoms with Gasteiger partial charge in [-0.05, 0) is 29.3 Å². The molecule has 1 N–H and O–H groups in total. The first-order chi connectivity index (χ1) is 11.8. The number of hydrogen-bond acceptors (Lipinski definition) is 2. The third-order valence-corrected chi connectivity index (χ3v) is 4.13. The maximum Gasteiger partial charge on any atom is 0.131 e. The molecule has 0 spiro atoms. The van der Waals surface area contributed by atoms with Crippen LogP contribution in [-0.2, 0) is 6.61 Å². The topological polar surface area (TPSA) is 37.9 Å². The molecule has 0 amide bonds. The van der Waals surface area contributed by atoms with Crippen LogP contribution < -0.4 is 4.74 Å². The number of H-pyrrole nitrogens is 1. The molecule has 4 rings (SSSR count). The highest BCUT2D eigenvalue weighted by Crippen LogP contribution is 2.31. The van der Waals surface area contributed by atoms with E-state index in [2.05, 4.69) is 28.2 Å². The Balaban J connectivity index is 1.62. The maximum absolute atomic E-state index is 5.95. The van der Waals surface area contributed by atoms with Crippen LogP contribution in [0.25, 0.3) is 22.0 Å². The summed E-state index contributed by atoms with van der Waals surface area (Å²) in [5.41, 5.74) is 4.28. The van der Waals surface area contributed by atoms with E-state index in [4.69, 9.17) is 16.3 Å². The summed E-state index contributed by atoms with van der Waals surface area (Å²) in [5, 5.41) is 1.52. The molecule has 2 heterocycles. The fraction of sp³-hybridized carbons (Fsp3) is 0.0500. The Kier molecular flexibility index (Phi) is 3.93. The number of halogens is 1. The number of benzene rings is 2. The van der Waals surface area contributed by atoms with Crippen molar-refractivity contribution >= 4 is 22.5 Å². The van der Waals surface area contributed by atoms with Gasteiger partial charge < -0.3 is 9.72 Å². The average Bonchev–Trinajstić information content (AvgIpc) is 3.04. The van der Waals surface area contributed by atoms with Crippen LogP contribution in [0.3, 0.4) is 0 Å². The summed E-state index contributed by atoms with van der Waals surface area (Å²) in [6, 6.07) is 20.0. The van der Waals surface area contributed by atoms with Crippen LogP contribution in [0.2, 0.25) is 5.15 Å².